The van der Waals surface area contributed by atoms with Crippen LogP contribution in [0.25, 0.3) is 0 Å². The smallest absolute Gasteiger partial charge is 0.119 e. The van der Waals surface area contributed by atoms with E-state index in [9.17, 15) is 5.11 Å². The van der Waals surface area contributed by atoms with Crippen LogP contribution in [-0.4, -0.2) is 48.4 Å². The molecule has 0 saturated carbocycles. The van der Waals surface area contributed by atoms with Gasteiger partial charge in [0, 0.05) is 19.1 Å². The van der Waals surface area contributed by atoms with Gasteiger partial charge in [-0.2, -0.15) is 0 Å². The number of piperidine rings is 1. The van der Waals surface area contributed by atoms with E-state index >= 15 is 0 Å². The third kappa shape index (κ3) is 6.13. The molecule has 3 rings (SSSR count). The normalized spacial score (nSPS) is 17.2. The lowest BCUT2D eigenvalue weighted by molar-refractivity contribution is 0.0979. The second-order valence-corrected chi connectivity index (χ2v) is 7.22. The number of nitrogens with zero attached hydrogens (tertiary/aromatic N) is 1. The van der Waals surface area contributed by atoms with Gasteiger partial charge in [0.25, 0.3) is 0 Å². The molecule has 1 saturated heterocycles. The van der Waals surface area contributed by atoms with E-state index in [0.717, 1.165) is 38.2 Å². The predicted molar refractivity (Wildman–Crippen MR) is 105 cm³/mol. The number of likely N-dealkylation sites (tertiary alicyclic amines) is 1. The van der Waals surface area contributed by atoms with Crippen LogP contribution in [0.3, 0.4) is 0 Å². The van der Waals surface area contributed by atoms with Crippen LogP contribution in [0, 0.1) is 6.92 Å². The predicted octanol–water partition coefficient (Wildman–Crippen LogP) is 2.99. The molecule has 0 spiro atoms. The molecule has 1 heterocycles. The number of ether oxygens (including phenoxy) is 1. The van der Waals surface area contributed by atoms with Crippen molar-refractivity contribution in [2.24, 2.45) is 0 Å². The first-order chi connectivity index (χ1) is 12.7. The molecule has 4 heteroatoms. The van der Waals surface area contributed by atoms with E-state index in [1.165, 1.54) is 11.1 Å². The number of aliphatic hydroxyl groups excluding tert-OH is 1. The molecule has 0 amide bonds. The maximum atomic E-state index is 10.1. The summed E-state index contributed by atoms with van der Waals surface area (Å²) in [7, 11) is 0. The minimum absolute atomic E-state index is 0.322. The Hall–Kier alpha value is -1.88. The number of aliphatic hydroxyl groups is 1. The third-order valence-corrected chi connectivity index (χ3v) is 4.94. The fourth-order valence-electron chi connectivity index (χ4n) is 3.33. The van der Waals surface area contributed by atoms with Crippen molar-refractivity contribution < 1.29 is 9.84 Å². The van der Waals surface area contributed by atoms with E-state index in [1.54, 1.807) is 0 Å². The van der Waals surface area contributed by atoms with Crippen LogP contribution in [0.2, 0.25) is 0 Å². The van der Waals surface area contributed by atoms with Gasteiger partial charge in [0.1, 0.15) is 18.5 Å². The van der Waals surface area contributed by atoms with Gasteiger partial charge in [-0.1, -0.05) is 48.0 Å². The molecular weight excluding hydrogens is 324 g/mol. The van der Waals surface area contributed by atoms with Gasteiger partial charge in [-0.25, -0.2) is 0 Å². The molecule has 4 nitrogen and oxygen atoms in total. The van der Waals surface area contributed by atoms with Crippen molar-refractivity contribution in [2.75, 3.05) is 26.2 Å². The fourth-order valence-corrected chi connectivity index (χ4v) is 3.33. The maximum Gasteiger partial charge on any atom is 0.119 e. The molecule has 1 aliphatic rings. The Balaban J connectivity index is 1.31. The molecular formula is C22H30N2O2. The number of hydrogen-bond acceptors (Lipinski definition) is 4. The molecule has 0 radical (unpaired) electrons. The zero-order valence-electron chi connectivity index (χ0n) is 15.6. The molecule has 1 atom stereocenters. The standard InChI is InChI=1S/C22H30N2O2/c1-18-7-9-22(10-8-18)26-17-21(25)15-23-20-11-13-24(14-12-20)16-19-5-3-2-4-6-19/h2-10,20-21,23,25H,11-17H2,1H3/t21-/m1/s1. The Morgan fingerprint density at radius 1 is 1.08 bits per heavy atom. The number of nitrogens with one attached hydrogen (secondary N) is 1. The Bertz CT molecular complexity index is 637. The molecule has 2 N–H and O–H groups in total. The van der Waals surface area contributed by atoms with Gasteiger partial charge >= 0.3 is 0 Å². The Morgan fingerprint density at radius 3 is 2.46 bits per heavy atom. The Kier molecular flexibility index (Phi) is 7.06. The van der Waals surface area contributed by atoms with Crippen LogP contribution in [0.4, 0.5) is 0 Å². The minimum atomic E-state index is -0.487. The summed E-state index contributed by atoms with van der Waals surface area (Å²) in [4.78, 5) is 2.50. The fraction of sp³-hybridized carbons (Fsp3) is 0.455. The molecule has 0 aliphatic carbocycles. The summed E-state index contributed by atoms with van der Waals surface area (Å²) in [6, 6.07) is 19.0. The van der Waals surface area contributed by atoms with Crippen LogP contribution in [-0.2, 0) is 6.54 Å². The Morgan fingerprint density at radius 2 is 1.77 bits per heavy atom. The van der Waals surface area contributed by atoms with Crippen LogP contribution >= 0.6 is 0 Å². The van der Waals surface area contributed by atoms with E-state index in [4.69, 9.17) is 4.74 Å². The number of hydrogen-bond donors (Lipinski definition) is 2. The molecule has 140 valence electrons. The highest BCUT2D eigenvalue weighted by Gasteiger charge is 2.19. The lowest BCUT2D eigenvalue weighted by atomic mass is 10.0. The topological polar surface area (TPSA) is 44.7 Å². The molecule has 0 aromatic heterocycles. The molecule has 0 bridgehead atoms. The summed E-state index contributed by atoms with van der Waals surface area (Å²) >= 11 is 0. The Labute approximate surface area is 156 Å². The summed E-state index contributed by atoms with van der Waals surface area (Å²) in [6.07, 6.45) is 1.76. The highest BCUT2D eigenvalue weighted by Crippen LogP contribution is 2.14. The summed E-state index contributed by atoms with van der Waals surface area (Å²) in [5.74, 6) is 0.809. The number of aryl methyl sites for hydroxylation is 1. The monoisotopic (exact) mass is 354 g/mol. The molecule has 2 aromatic rings. The zero-order valence-corrected chi connectivity index (χ0v) is 15.6. The number of benzene rings is 2. The van der Waals surface area contributed by atoms with E-state index in [1.807, 2.05) is 31.2 Å². The third-order valence-electron chi connectivity index (χ3n) is 4.94. The highest BCUT2D eigenvalue weighted by molar-refractivity contribution is 5.26. The molecule has 0 unspecified atom stereocenters. The van der Waals surface area contributed by atoms with Crippen molar-refractivity contribution in [1.29, 1.82) is 0 Å². The average molecular weight is 354 g/mol. The summed E-state index contributed by atoms with van der Waals surface area (Å²) in [5.41, 5.74) is 2.58. The van der Waals surface area contributed by atoms with E-state index < -0.39 is 6.10 Å². The first kappa shape index (κ1) is 18.9. The second kappa shape index (κ2) is 9.72. The van der Waals surface area contributed by atoms with E-state index in [2.05, 4.69) is 40.5 Å². The van der Waals surface area contributed by atoms with Crippen molar-refractivity contribution in [1.82, 2.24) is 10.2 Å². The van der Waals surface area contributed by atoms with Crippen molar-refractivity contribution in [3.05, 3.63) is 65.7 Å². The van der Waals surface area contributed by atoms with Crippen molar-refractivity contribution >= 4 is 0 Å². The minimum Gasteiger partial charge on any atom is -0.491 e. The van der Waals surface area contributed by atoms with Gasteiger partial charge in [-0.15, -0.1) is 0 Å². The average Bonchev–Trinajstić information content (AvgIpc) is 2.68. The van der Waals surface area contributed by atoms with Crippen molar-refractivity contribution in [3.8, 4) is 5.75 Å². The number of rotatable bonds is 8. The van der Waals surface area contributed by atoms with Crippen molar-refractivity contribution in [2.45, 2.75) is 38.5 Å². The quantitative estimate of drug-likeness (QED) is 0.765. The van der Waals surface area contributed by atoms with Gasteiger partial charge in [-0.3, -0.25) is 4.90 Å². The molecule has 2 aromatic carbocycles. The first-order valence-electron chi connectivity index (χ1n) is 9.56. The van der Waals surface area contributed by atoms with Gasteiger partial charge in [0.15, 0.2) is 0 Å². The van der Waals surface area contributed by atoms with Gasteiger partial charge in [-0.05, 0) is 50.6 Å². The maximum absolute atomic E-state index is 10.1. The molecule has 1 aliphatic heterocycles. The highest BCUT2D eigenvalue weighted by atomic mass is 16.5. The lowest BCUT2D eigenvalue weighted by Gasteiger charge is -2.33. The summed E-state index contributed by atoms with van der Waals surface area (Å²) < 4.78 is 5.65. The van der Waals surface area contributed by atoms with Crippen molar-refractivity contribution in [3.63, 3.8) is 0 Å². The summed E-state index contributed by atoms with van der Waals surface area (Å²) in [6.45, 7) is 6.18. The first-order valence-corrected chi connectivity index (χ1v) is 9.56. The molecule has 26 heavy (non-hydrogen) atoms. The van der Waals surface area contributed by atoms with Gasteiger partial charge in [0.2, 0.25) is 0 Å². The largest absolute Gasteiger partial charge is 0.491 e. The van der Waals surface area contributed by atoms with E-state index in [-0.39, 0.29) is 0 Å². The van der Waals surface area contributed by atoms with Crippen LogP contribution in [0.1, 0.15) is 24.0 Å². The summed E-state index contributed by atoms with van der Waals surface area (Å²) in [5, 5.41) is 13.6. The zero-order chi connectivity index (χ0) is 18.2. The lowest BCUT2D eigenvalue weighted by Crippen LogP contribution is -2.45. The second-order valence-electron chi connectivity index (χ2n) is 7.22. The van der Waals surface area contributed by atoms with Crippen LogP contribution in [0.5, 0.6) is 5.75 Å². The van der Waals surface area contributed by atoms with Gasteiger partial charge < -0.3 is 15.2 Å². The molecule has 1 fully saturated rings. The SMILES string of the molecule is Cc1ccc(OC[C@H](O)CNC2CCN(Cc3ccccc3)CC2)cc1. The van der Waals surface area contributed by atoms with E-state index in [0.29, 0.717) is 19.2 Å². The van der Waals surface area contributed by atoms with Crippen LogP contribution in [0.15, 0.2) is 54.6 Å². The van der Waals surface area contributed by atoms with Crippen LogP contribution < -0.4 is 10.1 Å². The van der Waals surface area contributed by atoms with Gasteiger partial charge in [0.05, 0.1) is 0 Å².